The molecule has 7 N–H and O–H groups in total. The van der Waals surface area contributed by atoms with Crippen LogP contribution in [0.15, 0.2) is 194 Å². The summed E-state index contributed by atoms with van der Waals surface area (Å²) in [4.78, 5) is 13.2. The summed E-state index contributed by atoms with van der Waals surface area (Å²) in [5.74, 6) is 1.61. The predicted molar refractivity (Wildman–Crippen MR) is 318 cm³/mol. The van der Waals surface area contributed by atoms with Gasteiger partial charge in [0.05, 0.1) is 29.5 Å². The van der Waals surface area contributed by atoms with Crippen LogP contribution in [0, 0.1) is 0 Å². The van der Waals surface area contributed by atoms with Gasteiger partial charge in [-0.05, 0) is 87.8 Å². The fraction of sp³-hybridized carbons (Fsp3) is 0.213. The lowest BCUT2D eigenvalue weighted by Gasteiger charge is -2.25. The summed E-state index contributed by atoms with van der Waals surface area (Å²) < 4.78 is 37.9. The Labute approximate surface area is 454 Å². The van der Waals surface area contributed by atoms with Crippen molar-refractivity contribution in [2.45, 2.75) is 32.7 Å². The summed E-state index contributed by atoms with van der Waals surface area (Å²) in [7, 11) is -3.40. The third-order valence-corrected chi connectivity index (χ3v) is 13.1. The number of nitrogens with zero attached hydrogens (tertiary/aromatic N) is 2. The maximum atomic E-state index is 11.6. The van der Waals surface area contributed by atoms with Gasteiger partial charge in [0.1, 0.15) is 24.7 Å². The second-order valence-electron chi connectivity index (χ2n) is 18.1. The smallest absolute Gasteiger partial charge is 0.229 e. The minimum Gasteiger partial charge on any atom is -0.492 e. The van der Waals surface area contributed by atoms with Crippen molar-refractivity contribution in [2.75, 3.05) is 61.0 Å². The summed E-state index contributed by atoms with van der Waals surface area (Å²) in [5, 5.41) is 26.6. The summed E-state index contributed by atoms with van der Waals surface area (Å²) in [6.45, 7) is 4.46. The van der Waals surface area contributed by atoms with Crippen LogP contribution in [0.1, 0.15) is 41.9 Å². The highest BCUT2D eigenvalue weighted by Crippen LogP contribution is 2.30. The van der Waals surface area contributed by atoms with Gasteiger partial charge in [-0.15, -0.1) is 0 Å². The average molecular weight is 1140 g/mol. The van der Waals surface area contributed by atoms with Gasteiger partial charge in [0, 0.05) is 95.4 Å². The molecule has 2 heterocycles. The molecule has 0 saturated carbocycles. The van der Waals surface area contributed by atoms with Crippen molar-refractivity contribution >= 4 is 87.6 Å². The van der Waals surface area contributed by atoms with Crippen LogP contribution >= 0.6 is 22.6 Å². The first-order chi connectivity index (χ1) is 36.0. The number of sulfonamides is 1. The molecule has 0 aliphatic carbocycles. The first kappa shape index (κ1) is 55.8. The van der Waals surface area contributed by atoms with Crippen molar-refractivity contribution < 1.29 is 28.1 Å². The van der Waals surface area contributed by atoms with Crippen LogP contribution in [0.4, 0.5) is 11.4 Å². The Bertz CT molecular complexity index is 3480. The Morgan fingerprint density at radius 1 is 0.533 bits per heavy atom. The molecule has 0 amide bonds. The molecule has 0 aliphatic rings. The fourth-order valence-electron chi connectivity index (χ4n) is 9.07. The number of fused-ring (bicyclic) bond motifs is 6. The molecule has 0 saturated heterocycles. The minimum atomic E-state index is -3.40. The summed E-state index contributed by atoms with van der Waals surface area (Å²) in [5.41, 5.74) is 15.1. The molecule has 75 heavy (non-hydrogen) atoms. The maximum absolute atomic E-state index is 11.6. The number of nitrogens with two attached hydrogens (primary N) is 1. The van der Waals surface area contributed by atoms with Crippen LogP contribution in [0.3, 0.4) is 0 Å². The van der Waals surface area contributed by atoms with Crippen LogP contribution in [0.2, 0.25) is 0 Å². The van der Waals surface area contributed by atoms with Crippen molar-refractivity contribution in [3.63, 3.8) is 0 Å². The Balaban J connectivity index is 0.000000210. The van der Waals surface area contributed by atoms with Crippen LogP contribution in [0.25, 0.3) is 43.6 Å². The van der Waals surface area contributed by atoms with Gasteiger partial charge in [-0.2, -0.15) is 0 Å². The number of para-hydroxylation sites is 2. The van der Waals surface area contributed by atoms with E-state index in [0.717, 1.165) is 62.9 Å². The lowest BCUT2D eigenvalue weighted by atomic mass is 10.1. The summed E-state index contributed by atoms with van der Waals surface area (Å²) in [6, 6.07) is 63.5. The van der Waals surface area contributed by atoms with Gasteiger partial charge < -0.3 is 35.4 Å². The van der Waals surface area contributed by atoms with Gasteiger partial charge in [-0.3, -0.25) is 14.5 Å². The highest BCUT2D eigenvalue weighted by Gasteiger charge is 2.18. The molecule has 2 atom stereocenters. The zero-order valence-electron chi connectivity index (χ0n) is 41.6. The van der Waals surface area contributed by atoms with Crippen molar-refractivity contribution in [3.05, 3.63) is 216 Å². The largest absolute Gasteiger partial charge is 0.492 e. The molecule has 0 bridgehead atoms. The number of nitrogens with one attached hydrogen (secondary N) is 3. The third-order valence-electron chi connectivity index (χ3n) is 12.5. The topological polar surface area (TPSA) is 169 Å². The summed E-state index contributed by atoms with van der Waals surface area (Å²) >= 11 is 2.15. The molecule has 0 fully saturated rings. The molecule has 2 aromatic heterocycles. The van der Waals surface area contributed by atoms with E-state index in [9.17, 15) is 18.6 Å². The molecule has 10 rings (SSSR count). The number of nitrogen functional groups attached to an aromatic ring is 1. The first-order valence-corrected chi connectivity index (χ1v) is 28.5. The zero-order chi connectivity index (χ0) is 51.9. The third kappa shape index (κ3) is 15.8. The monoisotopic (exact) mass is 1140 g/mol. The number of halogens is 1. The SMILES string of the molecule is C.CI.CS(=O)(=O)Nc1cccc([C@@H](O)CN(CCOc2ccc3c(c2)[nH]c2ccccc23)Cc2ccccc2)c1.Nc1cccc([C@@H](O)CN(CCOc2ccc3c(c2)[nH]c2ccccc23)Cc2ccccc2)c1. The van der Waals surface area contributed by atoms with Gasteiger partial charge in [0.2, 0.25) is 10.0 Å². The van der Waals surface area contributed by atoms with Crippen LogP contribution in [0.5, 0.6) is 11.5 Å². The molecule has 0 spiro atoms. The first-order valence-electron chi connectivity index (χ1n) is 24.5. The number of ether oxygens (including phenoxy) is 2. The molecular weight excluding hydrogens is 1070 g/mol. The lowest BCUT2D eigenvalue weighted by Crippen LogP contribution is -2.32. The molecule has 12 nitrogen and oxygen atoms in total. The molecule has 8 aromatic carbocycles. The number of hydrogen-bond donors (Lipinski definition) is 6. The highest BCUT2D eigenvalue weighted by atomic mass is 127. The van der Waals surface area contributed by atoms with E-state index in [2.05, 4.69) is 120 Å². The average Bonchev–Trinajstić information content (AvgIpc) is 3.98. The number of aliphatic hydroxyl groups is 2. The number of benzene rings is 8. The van der Waals surface area contributed by atoms with Crippen LogP contribution in [-0.4, -0.2) is 89.0 Å². The number of aromatic amines is 2. The van der Waals surface area contributed by atoms with E-state index in [4.69, 9.17) is 15.2 Å². The van der Waals surface area contributed by atoms with Gasteiger partial charge in [0.25, 0.3) is 0 Å². The van der Waals surface area contributed by atoms with E-state index in [-0.39, 0.29) is 7.43 Å². The molecule has 390 valence electrons. The fourth-order valence-corrected chi connectivity index (χ4v) is 9.63. The van der Waals surface area contributed by atoms with Gasteiger partial charge in [0.15, 0.2) is 0 Å². The van der Waals surface area contributed by atoms with Crippen molar-refractivity contribution in [1.29, 1.82) is 0 Å². The number of aliphatic hydroxyl groups excluding tert-OH is 2. The Morgan fingerprint density at radius 2 is 0.960 bits per heavy atom. The van der Waals surface area contributed by atoms with Gasteiger partial charge in [-0.1, -0.05) is 151 Å². The van der Waals surface area contributed by atoms with E-state index in [1.807, 2.05) is 102 Å². The minimum absolute atomic E-state index is 0. The van der Waals surface area contributed by atoms with Gasteiger partial charge >= 0.3 is 0 Å². The van der Waals surface area contributed by atoms with E-state index >= 15 is 0 Å². The van der Waals surface area contributed by atoms with Gasteiger partial charge in [-0.25, -0.2) is 8.42 Å². The van der Waals surface area contributed by atoms with Crippen LogP contribution in [-0.2, 0) is 23.1 Å². The molecule has 0 radical (unpaired) electrons. The molecule has 0 unspecified atom stereocenters. The second-order valence-corrected chi connectivity index (χ2v) is 19.8. The van der Waals surface area contributed by atoms with Crippen molar-refractivity contribution in [2.24, 2.45) is 0 Å². The number of H-pyrrole nitrogens is 2. The lowest BCUT2D eigenvalue weighted by molar-refractivity contribution is 0.0984. The molecular formula is C61H67IN6O6S. The maximum Gasteiger partial charge on any atom is 0.229 e. The molecule has 10 aromatic rings. The molecule has 14 heteroatoms. The number of aromatic nitrogens is 2. The standard InChI is InChI=1S/C30H31N3O4S.C29H29N3O2.CH3I.CH4/c1-38(35,36)32-24-11-7-10-23(18-24)30(34)21-33(20-22-8-3-2-4-9-22)16-17-37-25-14-15-27-26-12-5-6-13-28(26)31-29(27)19-25;30-23-10-6-9-22(17-23)29(33)20-32(19-21-7-2-1-3-8-21)15-16-34-24-13-14-26-25-11-4-5-12-27(25)31-28(26)18-24;1-2;/h2-15,18-19,30-32,34H,16-17,20-21H2,1H3;1-14,17-18,29,31,33H,15-16,19-20,30H2;1H3;1H4/t30-;29-;;/m00../s1. The summed E-state index contributed by atoms with van der Waals surface area (Å²) in [6.07, 6.45) is -0.328. The molecule has 0 aliphatic heterocycles. The number of hydrogen-bond acceptors (Lipinski definition) is 9. The van der Waals surface area contributed by atoms with E-state index in [0.29, 0.717) is 62.9 Å². The van der Waals surface area contributed by atoms with Crippen LogP contribution < -0.4 is 19.9 Å². The normalized spacial score (nSPS) is 12.1. The van der Waals surface area contributed by atoms with E-state index < -0.39 is 22.2 Å². The number of anilines is 2. The number of rotatable bonds is 20. The quantitative estimate of drug-likeness (QED) is 0.0247. The Kier molecular flexibility index (Phi) is 20.1. The highest BCUT2D eigenvalue weighted by molar-refractivity contribution is 14.1. The van der Waals surface area contributed by atoms with E-state index in [1.165, 1.54) is 21.7 Å². The Morgan fingerprint density at radius 3 is 1.43 bits per heavy atom. The second kappa shape index (κ2) is 27.0. The predicted octanol–water partition coefficient (Wildman–Crippen LogP) is 12.5. The number of alkyl halides is 1. The Hall–Kier alpha value is -6.92. The van der Waals surface area contributed by atoms with Crippen molar-refractivity contribution in [1.82, 2.24) is 19.8 Å². The van der Waals surface area contributed by atoms with Crippen molar-refractivity contribution in [3.8, 4) is 11.5 Å². The van der Waals surface area contributed by atoms with E-state index in [1.54, 1.807) is 24.3 Å². The zero-order valence-corrected chi connectivity index (χ0v) is 44.5.